The predicted octanol–water partition coefficient (Wildman–Crippen LogP) is 5.13. The van der Waals surface area contributed by atoms with E-state index in [-0.39, 0.29) is 35.1 Å². The van der Waals surface area contributed by atoms with Crippen molar-refractivity contribution < 1.29 is 23.5 Å². The maximum atomic E-state index is 13.5. The average Bonchev–Trinajstić information content (AvgIpc) is 3.85. The molecule has 3 aromatic heterocycles. The number of fused-ring (bicyclic) bond motifs is 1. The summed E-state index contributed by atoms with van der Waals surface area (Å²) in [6.07, 6.45) is 8.50. The average molecular weight is 615 g/mol. The van der Waals surface area contributed by atoms with Crippen molar-refractivity contribution in [1.82, 2.24) is 19.4 Å². The summed E-state index contributed by atoms with van der Waals surface area (Å²) in [4.78, 5) is 52.7. The van der Waals surface area contributed by atoms with Crippen molar-refractivity contribution in [2.75, 3.05) is 43.6 Å². The normalized spacial score (nSPS) is 21.8. The lowest BCUT2D eigenvalue weighted by molar-refractivity contribution is -0.126. The van der Waals surface area contributed by atoms with Crippen molar-refractivity contribution in [2.24, 2.45) is 11.3 Å². The highest BCUT2D eigenvalue weighted by molar-refractivity contribution is 7.17. The molecule has 7 rings (SSSR count). The zero-order chi connectivity index (χ0) is 30.4. The van der Waals surface area contributed by atoms with Crippen molar-refractivity contribution in [2.45, 2.75) is 38.1 Å². The van der Waals surface area contributed by atoms with Crippen molar-refractivity contribution in [3.8, 4) is 10.6 Å². The number of nitrogens with one attached hydrogen (secondary N) is 1. The van der Waals surface area contributed by atoms with Crippen molar-refractivity contribution in [3.05, 3.63) is 60.5 Å². The monoisotopic (exact) mass is 614 g/mol. The van der Waals surface area contributed by atoms with E-state index in [1.165, 1.54) is 23.8 Å². The highest BCUT2D eigenvalue weighted by atomic mass is 32.1. The fourth-order valence-electron chi connectivity index (χ4n) is 6.90. The van der Waals surface area contributed by atoms with Gasteiger partial charge in [0.25, 0.3) is 5.91 Å². The van der Waals surface area contributed by atoms with Crippen molar-refractivity contribution in [1.29, 1.82) is 0 Å². The van der Waals surface area contributed by atoms with Gasteiger partial charge in [-0.25, -0.2) is 9.97 Å². The van der Waals surface area contributed by atoms with Gasteiger partial charge in [-0.2, -0.15) is 0 Å². The Morgan fingerprint density at radius 3 is 2.75 bits per heavy atom. The van der Waals surface area contributed by atoms with E-state index >= 15 is 0 Å². The van der Waals surface area contributed by atoms with Crippen molar-refractivity contribution >= 4 is 51.7 Å². The van der Waals surface area contributed by atoms with Crippen LogP contribution in [0.4, 0.5) is 11.6 Å². The number of likely N-dealkylation sites (tertiary alicyclic amines) is 1. The van der Waals surface area contributed by atoms with Crippen LogP contribution in [-0.4, -0.2) is 70.5 Å². The van der Waals surface area contributed by atoms with Gasteiger partial charge in [-0.05, 0) is 73.9 Å². The smallest absolute Gasteiger partial charge is 0.268 e. The molecule has 1 aromatic carbocycles. The van der Waals surface area contributed by atoms with E-state index in [1.807, 2.05) is 29.2 Å². The molecule has 0 atom stereocenters. The van der Waals surface area contributed by atoms with E-state index in [4.69, 9.17) is 14.1 Å². The summed E-state index contributed by atoms with van der Waals surface area (Å²) in [5, 5.41) is 3.07. The molecule has 228 valence electrons. The third-order valence-electron chi connectivity index (χ3n) is 9.32. The first kappa shape index (κ1) is 28.5. The molecular weight excluding hydrogens is 580 g/mol. The molecule has 11 nitrogen and oxygen atoms in total. The van der Waals surface area contributed by atoms with Crippen LogP contribution >= 0.6 is 11.3 Å². The van der Waals surface area contributed by atoms with Crippen LogP contribution in [0.25, 0.3) is 21.7 Å². The highest BCUT2D eigenvalue weighted by Crippen LogP contribution is 2.55. The number of benzene rings is 1. The summed E-state index contributed by atoms with van der Waals surface area (Å²) < 4.78 is 12.9. The maximum Gasteiger partial charge on any atom is 0.268 e. The standard InChI is InChI=1S/C32H34N6O5S/c1-3-28(39)37-11-10-32(18-37)15-22(16-32)38-24-5-4-21(36(2)30(41)20-8-12-42-13-9-20)14-23(24)34-31(38)35-29(40)27-7-6-26(44-27)25-17-33-19-43-25/h3-7,14,17,19-20,22H,1,8-13,15-16,18H2,2H3,(H,34,35,40)/t22-,32-. The number of hydrogen-bond donors (Lipinski definition) is 1. The van der Waals surface area contributed by atoms with Crippen LogP contribution in [0.15, 0.2) is 60.0 Å². The lowest BCUT2D eigenvalue weighted by Crippen LogP contribution is -2.42. The maximum absolute atomic E-state index is 13.5. The van der Waals surface area contributed by atoms with E-state index in [2.05, 4.69) is 21.4 Å². The lowest BCUT2D eigenvalue weighted by atomic mass is 9.65. The molecule has 0 radical (unpaired) electrons. The molecule has 3 aliphatic rings. The number of oxazole rings is 1. The van der Waals surface area contributed by atoms with Gasteiger partial charge >= 0.3 is 0 Å². The van der Waals surface area contributed by atoms with E-state index in [1.54, 1.807) is 24.2 Å². The first-order valence-corrected chi connectivity index (χ1v) is 15.7. The van der Waals surface area contributed by atoms with Gasteiger partial charge in [0.15, 0.2) is 12.2 Å². The Balaban J connectivity index is 1.17. The topological polar surface area (TPSA) is 123 Å². The lowest BCUT2D eigenvalue weighted by Gasteiger charge is -2.46. The van der Waals surface area contributed by atoms with Crippen LogP contribution in [0.5, 0.6) is 0 Å². The predicted molar refractivity (Wildman–Crippen MR) is 167 cm³/mol. The number of rotatable bonds is 7. The van der Waals surface area contributed by atoms with Crippen LogP contribution in [0, 0.1) is 11.3 Å². The quantitative estimate of drug-likeness (QED) is 0.286. The molecule has 3 fully saturated rings. The number of nitrogens with zero attached hydrogens (tertiary/aromatic N) is 5. The number of thiophene rings is 1. The highest BCUT2D eigenvalue weighted by Gasteiger charge is 2.50. The fraction of sp³-hybridized carbons (Fsp3) is 0.406. The van der Waals surface area contributed by atoms with Crippen LogP contribution in [0.1, 0.15) is 47.8 Å². The molecular formula is C32H34N6O5S. The molecule has 1 saturated carbocycles. The Morgan fingerprint density at radius 2 is 2.00 bits per heavy atom. The molecule has 12 heteroatoms. The zero-order valence-corrected chi connectivity index (χ0v) is 25.3. The summed E-state index contributed by atoms with van der Waals surface area (Å²) in [5.41, 5.74) is 2.40. The number of hydrogen-bond acceptors (Lipinski definition) is 8. The minimum atomic E-state index is -0.262. The third-order valence-corrected chi connectivity index (χ3v) is 10.4. The van der Waals surface area contributed by atoms with Gasteiger partial charge in [0, 0.05) is 51.0 Å². The molecule has 2 aliphatic heterocycles. The largest absolute Gasteiger partial charge is 0.443 e. The molecule has 1 aliphatic carbocycles. The summed E-state index contributed by atoms with van der Waals surface area (Å²) in [7, 11) is 1.80. The number of carbonyl (C=O) groups excluding carboxylic acids is 3. The molecule has 1 N–H and O–H groups in total. The van der Waals surface area contributed by atoms with E-state index < -0.39 is 0 Å². The molecule has 0 unspecified atom stereocenters. The van der Waals surface area contributed by atoms with E-state index in [0.717, 1.165) is 54.7 Å². The van der Waals surface area contributed by atoms with Gasteiger partial charge in [-0.1, -0.05) is 6.58 Å². The van der Waals surface area contributed by atoms with Crippen LogP contribution in [-0.2, 0) is 14.3 Å². The zero-order valence-electron chi connectivity index (χ0n) is 24.5. The van der Waals surface area contributed by atoms with Gasteiger partial charge in [-0.3, -0.25) is 19.7 Å². The summed E-state index contributed by atoms with van der Waals surface area (Å²) in [6, 6.07) is 9.56. The van der Waals surface area contributed by atoms with E-state index in [9.17, 15) is 14.4 Å². The molecule has 44 heavy (non-hydrogen) atoms. The molecule has 2 saturated heterocycles. The number of carbonyl (C=O) groups is 3. The van der Waals surface area contributed by atoms with Crippen LogP contribution < -0.4 is 10.2 Å². The molecule has 1 spiro atoms. The summed E-state index contributed by atoms with van der Waals surface area (Å²) in [5.74, 6) is 0.790. The molecule has 0 bridgehead atoms. The summed E-state index contributed by atoms with van der Waals surface area (Å²) >= 11 is 1.32. The minimum Gasteiger partial charge on any atom is -0.443 e. The first-order valence-electron chi connectivity index (χ1n) is 14.9. The Labute approximate surface area is 258 Å². The minimum absolute atomic E-state index is 0.0287. The van der Waals surface area contributed by atoms with Crippen molar-refractivity contribution in [3.63, 3.8) is 0 Å². The fourth-order valence-corrected chi connectivity index (χ4v) is 7.75. The van der Waals surface area contributed by atoms with Gasteiger partial charge in [0.05, 0.1) is 27.0 Å². The first-order chi connectivity index (χ1) is 21.3. The number of ether oxygens (including phenoxy) is 1. The van der Waals surface area contributed by atoms with Crippen LogP contribution in [0.3, 0.4) is 0 Å². The Morgan fingerprint density at radius 1 is 1.18 bits per heavy atom. The number of anilines is 2. The second kappa shape index (κ2) is 11.3. The molecule has 4 aromatic rings. The Bertz CT molecular complexity index is 1730. The van der Waals surface area contributed by atoms with Gasteiger partial charge < -0.3 is 23.5 Å². The molecule has 5 heterocycles. The van der Waals surface area contributed by atoms with Gasteiger partial charge in [-0.15, -0.1) is 11.3 Å². The molecule has 3 amide bonds. The van der Waals surface area contributed by atoms with E-state index in [0.29, 0.717) is 41.9 Å². The second-order valence-corrected chi connectivity index (χ2v) is 13.1. The Kier molecular flexibility index (Phi) is 7.33. The van der Waals surface area contributed by atoms with Gasteiger partial charge in [0.2, 0.25) is 17.8 Å². The second-order valence-electron chi connectivity index (χ2n) is 12.0. The van der Waals surface area contributed by atoms with Crippen LogP contribution in [0.2, 0.25) is 0 Å². The number of amides is 3. The summed E-state index contributed by atoms with van der Waals surface area (Å²) in [6.45, 7) is 6.29. The number of imidazole rings is 1. The Hall–Kier alpha value is -4.29. The SMILES string of the molecule is C=CC(=O)N1CC[C@]2(C1)C[C@H](n1c(NC(=O)c3ccc(-c4cnco4)s3)nc3cc(N(C)C(=O)C4CCOCC4)ccc31)C2. The third kappa shape index (κ3) is 5.11. The number of aromatic nitrogens is 3. The van der Waals surface area contributed by atoms with Gasteiger partial charge in [0.1, 0.15) is 0 Å².